The maximum atomic E-state index is 13.6. The average Bonchev–Trinajstić information content (AvgIpc) is 2.80. The fourth-order valence-electron chi connectivity index (χ4n) is 1.87. The van der Waals surface area contributed by atoms with Crippen molar-refractivity contribution in [3.63, 3.8) is 0 Å². The Morgan fingerprint density at radius 3 is 2.30 bits per heavy atom. The van der Waals surface area contributed by atoms with E-state index in [1.807, 2.05) is 0 Å². The molecule has 2 aromatic rings. The van der Waals surface area contributed by atoms with Gasteiger partial charge in [-0.15, -0.1) is 0 Å². The van der Waals surface area contributed by atoms with Gasteiger partial charge in [-0.25, -0.2) is 8.78 Å². The Kier molecular flexibility index (Phi) is 3.79. The van der Waals surface area contributed by atoms with Crippen LogP contribution >= 0.6 is 0 Å². The van der Waals surface area contributed by atoms with Crippen molar-refractivity contribution in [2.75, 3.05) is 0 Å². The van der Waals surface area contributed by atoms with Crippen LogP contribution in [0.25, 0.3) is 0 Å². The van der Waals surface area contributed by atoms with Gasteiger partial charge in [0.05, 0.1) is 23.8 Å². The third-order valence-electron chi connectivity index (χ3n) is 3.03. The summed E-state index contributed by atoms with van der Waals surface area (Å²) in [6.07, 6.45) is 0.805. The topological polar surface area (TPSA) is 47.3 Å². The molecule has 0 aliphatic carbocycles. The third kappa shape index (κ3) is 2.66. The summed E-state index contributed by atoms with van der Waals surface area (Å²) >= 11 is 0. The predicted octanol–water partition coefficient (Wildman–Crippen LogP) is 3.63. The van der Waals surface area contributed by atoms with Crippen molar-refractivity contribution in [3.8, 4) is 0 Å². The second-order valence-corrected chi connectivity index (χ2v) is 4.49. The molecular weight excluding hydrogens is 266 g/mol. The van der Waals surface area contributed by atoms with E-state index in [-0.39, 0.29) is 11.1 Å². The van der Waals surface area contributed by atoms with Gasteiger partial charge in [-0.05, 0) is 37.6 Å². The summed E-state index contributed by atoms with van der Waals surface area (Å²) in [4.78, 5) is 23.8. The molecule has 0 fully saturated rings. The van der Waals surface area contributed by atoms with Crippen molar-refractivity contribution in [2.45, 2.75) is 20.3 Å². The lowest BCUT2D eigenvalue weighted by Crippen LogP contribution is -2.11. The minimum Gasteiger partial charge on any atom is -0.469 e. The number of furan rings is 1. The Labute approximate surface area is 114 Å². The van der Waals surface area contributed by atoms with Crippen molar-refractivity contribution < 1.29 is 22.8 Å². The van der Waals surface area contributed by atoms with Gasteiger partial charge in [0, 0.05) is 0 Å². The zero-order chi connectivity index (χ0) is 14.9. The normalized spacial score (nSPS) is 10.6. The number of hydrogen-bond acceptors (Lipinski definition) is 3. The van der Waals surface area contributed by atoms with Crippen LogP contribution in [0.3, 0.4) is 0 Å². The number of benzene rings is 1. The Balaban J connectivity index is 2.23. The van der Waals surface area contributed by atoms with Crippen LogP contribution in [0.15, 0.2) is 28.9 Å². The number of rotatable bonds is 4. The van der Waals surface area contributed by atoms with Gasteiger partial charge < -0.3 is 4.42 Å². The summed E-state index contributed by atoms with van der Waals surface area (Å²) in [5, 5.41) is 0. The highest BCUT2D eigenvalue weighted by Crippen LogP contribution is 2.18. The van der Waals surface area contributed by atoms with Crippen molar-refractivity contribution >= 4 is 11.6 Å². The van der Waals surface area contributed by atoms with Crippen LogP contribution in [-0.4, -0.2) is 11.6 Å². The summed E-state index contributed by atoms with van der Waals surface area (Å²) in [5.41, 5.74) is -0.0370. The van der Waals surface area contributed by atoms with Gasteiger partial charge in [0.15, 0.2) is 11.6 Å². The van der Waals surface area contributed by atoms with E-state index >= 15 is 0 Å². The number of carbonyl (C=O) groups is 2. The van der Waals surface area contributed by atoms with Crippen LogP contribution < -0.4 is 0 Å². The molecule has 0 unspecified atom stereocenters. The summed E-state index contributed by atoms with van der Waals surface area (Å²) in [7, 11) is 0. The maximum Gasteiger partial charge on any atom is 0.174 e. The molecule has 1 heterocycles. The molecule has 0 N–H and O–H groups in total. The molecule has 104 valence electrons. The molecule has 0 radical (unpaired) electrons. The Morgan fingerprint density at radius 1 is 1.05 bits per heavy atom. The van der Waals surface area contributed by atoms with E-state index in [1.165, 1.54) is 19.3 Å². The molecule has 0 spiro atoms. The molecule has 0 saturated heterocycles. The maximum absolute atomic E-state index is 13.6. The van der Waals surface area contributed by atoms with Gasteiger partial charge in [-0.1, -0.05) is 0 Å². The van der Waals surface area contributed by atoms with E-state index in [2.05, 4.69) is 0 Å². The van der Waals surface area contributed by atoms with E-state index in [9.17, 15) is 18.4 Å². The first-order valence-corrected chi connectivity index (χ1v) is 5.96. The van der Waals surface area contributed by atoms with E-state index in [0.29, 0.717) is 5.76 Å². The van der Waals surface area contributed by atoms with Crippen molar-refractivity contribution in [1.29, 1.82) is 0 Å². The molecule has 3 nitrogen and oxygen atoms in total. The molecule has 0 atom stereocenters. The van der Waals surface area contributed by atoms with Gasteiger partial charge in [0.1, 0.15) is 17.4 Å². The number of hydrogen-bond donors (Lipinski definition) is 0. The fourth-order valence-corrected chi connectivity index (χ4v) is 1.87. The average molecular weight is 278 g/mol. The zero-order valence-electron chi connectivity index (χ0n) is 11.0. The second-order valence-electron chi connectivity index (χ2n) is 4.49. The molecule has 20 heavy (non-hydrogen) atoms. The SMILES string of the molecule is Cc1cc(F)c(C(=O)CC(=O)c2ccoc2C)cc1F. The molecule has 2 rings (SSSR count). The second kappa shape index (κ2) is 5.36. The first kappa shape index (κ1) is 14.1. The molecular formula is C15H12F2O3. The number of Topliss-reactive ketones (excluding diaryl/α,β-unsaturated/α-hetero) is 2. The fraction of sp³-hybridized carbons (Fsp3) is 0.200. The lowest BCUT2D eigenvalue weighted by atomic mass is 10.0. The Morgan fingerprint density at radius 2 is 1.70 bits per heavy atom. The lowest BCUT2D eigenvalue weighted by molar-refractivity contribution is 0.0891. The number of aryl methyl sites for hydroxylation is 2. The summed E-state index contributed by atoms with van der Waals surface area (Å²) in [5.74, 6) is -2.36. The monoisotopic (exact) mass is 278 g/mol. The van der Waals surface area contributed by atoms with Crippen molar-refractivity contribution in [2.24, 2.45) is 0 Å². The van der Waals surface area contributed by atoms with Crippen molar-refractivity contribution in [1.82, 2.24) is 0 Å². The molecule has 0 saturated carbocycles. The summed E-state index contributed by atoms with van der Waals surface area (Å²) in [6, 6.07) is 3.20. The van der Waals surface area contributed by atoms with E-state index in [0.717, 1.165) is 12.1 Å². The molecule has 0 bridgehead atoms. The highest BCUT2D eigenvalue weighted by atomic mass is 19.1. The highest BCUT2D eigenvalue weighted by molar-refractivity contribution is 6.13. The Hall–Kier alpha value is -2.30. The van der Waals surface area contributed by atoms with E-state index in [4.69, 9.17) is 4.42 Å². The van der Waals surface area contributed by atoms with Gasteiger partial charge >= 0.3 is 0 Å². The zero-order valence-corrected chi connectivity index (χ0v) is 11.0. The first-order valence-electron chi connectivity index (χ1n) is 5.96. The number of carbonyl (C=O) groups excluding carboxylic acids is 2. The van der Waals surface area contributed by atoms with Gasteiger partial charge in [-0.3, -0.25) is 9.59 Å². The minimum atomic E-state index is -0.828. The molecule has 5 heteroatoms. The smallest absolute Gasteiger partial charge is 0.174 e. The number of ketones is 2. The molecule has 0 aliphatic rings. The van der Waals surface area contributed by atoms with Crippen molar-refractivity contribution in [3.05, 3.63) is 58.5 Å². The third-order valence-corrected chi connectivity index (χ3v) is 3.03. The van der Waals surface area contributed by atoms with Gasteiger partial charge in [0.2, 0.25) is 0 Å². The first-order chi connectivity index (χ1) is 9.40. The molecule has 0 aliphatic heterocycles. The van der Waals surface area contributed by atoms with Crippen LogP contribution in [0.4, 0.5) is 8.78 Å². The Bertz CT molecular complexity index is 686. The number of halogens is 2. The molecule has 1 aromatic carbocycles. The minimum absolute atomic E-state index is 0.107. The van der Waals surface area contributed by atoms with Crippen LogP contribution in [0, 0.1) is 25.5 Å². The molecule has 1 aromatic heterocycles. The van der Waals surface area contributed by atoms with Crippen LogP contribution in [0.1, 0.15) is 38.5 Å². The predicted molar refractivity (Wildman–Crippen MR) is 67.8 cm³/mol. The van der Waals surface area contributed by atoms with E-state index < -0.39 is 35.2 Å². The largest absolute Gasteiger partial charge is 0.469 e. The van der Waals surface area contributed by atoms with Crippen LogP contribution in [-0.2, 0) is 0 Å². The lowest BCUT2D eigenvalue weighted by Gasteiger charge is -2.04. The van der Waals surface area contributed by atoms with Gasteiger partial charge in [0.25, 0.3) is 0 Å². The quantitative estimate of drug-likeness (QED) is 0.633. The standard InChI is InChI=1S/C15H12F2O3/c1-8-5-13(17)11(6-12(8)16)15(19)7-14(18)10-3-4-20-9(10)2/h3-6H,7H2,1-2H3. The summed E-state index contributed by atoms with van der Waals surface area (Å²) < 4.78 is 32.0. The van der Waals surface area contributed by atoms with Crippen LogP contribution in [0.2, 0.25) is 0 Å². The molecule has 0 amide bonds. The van der Waals surface area contributed by atoms with E-state index in [1.54, 1.807) is 6.92 Å². The summed E-state index contributed by atoms with van der Waals surface area (Å²) in [6.45, 7) is 2.98. The van der Waals surface area contributed by atoms with Crippen LogP contribution in [0.5, 0.6) is 0 Å². The van der Waals surface area contributed by atoms with Gasteiger partial charge in [-0.2, -0.15) is 0 Å². The highest BCUT2D eigenvalue weighted by Gasteiger charge is 2.20.